The van der Waals surface area contributed by atoms with Gasteiger partial charge in [-0.3, -0.25) is 4.79 Å². The minimum Gasteiger partial charge on any atom is -1.00 e. The van der Waals surface area contributed by atoms with Gasteiger partial charge in [-0.15, -0.1) is 0 Å². The van der Waals surface area contributed by atoms with E-state index in [9.17, 15) is 4.79 Å². The summed E-state index contributed by atoms with van der Waals surface area (Å²) in [6, 6.07) is 8.14. The molecule has 1 heterocycles. The SMILES string of the molecule is CCn1cc(C(=O)CC[N+](C)(C)C)c2ccccc21.[I-]. The first kappa shape index (κ1) is 17.2. The van der Waals surface area contributed by atoms with Crippen LogP contribution >= 0.6 is 0 Å². The molecule has 110 valence electrons. The number of para-hydroxylation sites is 1. The van der Waals surface area contributed by atoms with Gasteiger partial charge in [0.25, 0.3) is 0 Å². The standard InChI is InChI=1S/C16H23N2O.HI/c1-5-17-12-14(13-8-6-7-9-15(13)17)16(19)10-11-18(2,3)4;/h6-9,12H,5,10-11H2,1-4H3;1H/q+1;/p-1. The Balaban J connectivity index is 0.00000200. The van der Waals surface area contributed by atoms with Crippen LogP contribution in [-0.4, -0.2) is 42.5 Å². The van der Waals surface area contributed by atoms with Crippen molar-refractivity contribution < 1.29 is 33.3 Å². The number of carbonyl (C=O) groups excluding carboxylic acids is 1. The van der Waals surface area contributed by atoms with Gasteiger partial charge < -0.3 is 33.0 Å². The molecule has 0 saturated carbocycles. The lowest BCUT2D eigenvalue weighted by Crippen LogP contribution is -3.00. The zero-order chi connectivity index (χ0) is 14.0. The number of rotatable bonds is 5. The van der Waals surface area contributed by atoms with Crippen molar-refractivity contribution in [2.45, 2.75) is 19.9 Å². The second-order valence-corrected chi connectivity index (χ2v) is 6.03. The van der Waals surface area contributed by atoms with Crippen molar-refractivity contribution in [1.82, 2.24) is 4.57 Å². The van der Waals surface area contributed by atoms with E-state index in [2.05, 4.69) is 38.7 Å². The number of hydrogen-bond donors (Lipinski definition) is 0. The van der Waals surface area contributed by atoms with Crippen LogP contribution in [0, 0.1) is 0 Å². The van der Waals surface area contributed by atoms with E-state index in [-0.39, 0.29) is 29.8 Å². The summed E-state index contributed by atoms with van der Waals surface area (Å²) in [5.41, 5.74) is 2.02. The van der Waals surface area contributed by atoms with Crippen molar-refractivity contribution in [2.75, 3.05) is 27.7 Å². The second kappa shape index (κ2) is 6.72. The van der Waals surface area contributed by atoms with Crippen LogP contribution in [0.25, 0.3) is 10.9 Å². The van der Waals surface area contributed by atoms with Crippen LogP contribution in [0.5, 0.6) is 0 Å². The third kappa shape index (κ3) is 3.82. The highest BCUT2D eigenvalue weighted by Crippen LogP contribution is 2.22. The van der Waals surface area contributed by atoms with Crippen LogP contribution in [0.15, 0.2) is 30.5 Å². The number of halogens is 1. The van der Waals surface area contributed by atoms with Crippen molar-refractivity contribution >= 4 is 16.7 Å². The van der Waals surface area contributed by atoms with Crippen LogP contribution in [0.3, 0.4) is 0 Å². The monoisotopic (exact) mass is 386 g/mol. The Hall–Kier alpha value is -0.880. The van der Waals surface area contributed by atoms with E-state index in [4.69, 9.17) is 0 Å². The van der Waals surface area contributed by atoms with E-state index in [1.165, 1.54) is 0 Å². The number of hydrogen-bond acceptors (Lipinski definition) is 1. The molecular weight excluding hydrogens is 363 g/mol. The second-order valence-electron chi connectivity index (χ2n) is 6.03. The first-order valence-corrected chi connectivity index (χ1v) is 6.84. The Morgan fingerprint density at radius 2 is 1.85 bits per heavy atom. The zero-order valence-electron chi connectivity index (χ0n) is 12.7. The first-order valence-electron chi connectivity index (χ1n) is 6.84. The fourth-order valence-electron chi connectivity index (χ4n) is 2.30. The molecule has 20 heavy (non-hydrogen) atoms. The molecule has 0 saturated heterocycles. The first-order chi connectivity index (χ1) is 8.92. The predicted molar refractivity (Wildman–Crippen MR) is 79.5 cm³/mol. The minimum absolute atomic E-state index is 0. The molecule has 0 spiro atoms. The molecule has 1 aromatic carbocycles. The predicted octanol–water partition coefficient (Wildman–Crippen LogP) is -0.0558. The van der Waals surface area contributed by atoms with E-state index in [1.54, 1.807) is 0 Å². The molecule has 0 radical (unpaired) electrons. The Bertz CT molecular complexity index is 596. The maximum atomic E-state index is 12.4. The summed E-state index contributed by atoms with van der Waals surface area (Å²) >= 11 is 0. The van der Waals surface area contributed by atoms with E-state index >= 15 is 0 Å². The largest absolute Gasteiger partial charge is 1.00 e. The number of aryl methyl sites for hydroxylation is 1. The van der Waals surface area contributed by atoms with E-state index < -0.39 is 0 Å². The van der Waals surface area contributed by atoms with Gasteiger partial charge in [-0.05, 0) is 13.0 Å². The molecule has 0 aliphatic rings. The molecule has 1 aromatic heterocycles. The van der Waals surface area contributed by atoms with E-state index in [0.717, 1.165) is 34.0 Å². The van der Waals surface area contributed by atoms with Crippen LogP contribution in [-0.2, 0) is 6.54 Å². The van der Waals surface area contributed by atoms with E-state index in [0.29, 0.717) is 6.42 Å². The van der Waals surface area contributed by atoms with Gasteiger partial charge >= 0.3 is 0 Å². The lowest BCUT2D eigenvalue weighted by molar-refractivity contribution is -0.869. The Morgan fingerprint density at radius 1 is 1.20 bits per heavy atom. The van der Waals surface area contributed by atoms with Gasteiger partial charge in [0.1, 0.15) is 0 Å². The quantitative estimate of drug-likeness (QED) is 0.401. The molecule has 0 aliphatic heterocycles. The van der Waals surface area contributed by atoms with Gasteiger partial charge in [0.05, 0.1) is 34.1 Å². The summed E-state index contributed by atoms with van der Waals surface area (Å²) in [6.07, 6.45) is 2.60. The van der Waals surface area contributed by atoms with Crippen molar-refractivity contribution in [3.8, 4) is 0 Å². The highest BCUT2D eigenvalue weighted by Gasteiger charge is 2.17. The van der Waals surface area contributed by atoms with Crippen molar-refractivity contribution in [3.63, 3.8) is 0 Å². The molecule has 0 aliphatic carbocycles. The third-order valence-corrected chi connectivity index (χ3v) is 3.44. The number of nitrogens with zero attached hydrogens (tertiary/aromatic N) is 2. The summed E-state index contributed by atoms with van der Waals surface area (Å²) in [5, 5.41) is 1.08. The van der Waals surface area contributed by atoms with Crippen molar-refractivity contribution in [3.05, 3.63) is 36.0 Å². The molecule has 0 unspecified atom stereocenters. The summed E-state index contributed by atoms with van der Waals surface area (Å²) in [4.78, 5) is 12.4. The van der Waals surface area contributed by atoms with Crippen molar-refractivity contribution in [2.24, 2.45) is 0 Å². The number of ketones is 1. The van der Waals surface area contributed by atoms with Gasteiger partial charge in [-0.25, -0.2) is 0 Å². The Labute approximate surface area is 138 Å². The molecule has 0 amide bonds. The highest BCUT2D eigenvalue weighted by atomic mass is 127. The molecule has 0 N–H and O–H groups in total. The lowest BCUT2D eigenvalue weighted by atomic mass is 10.1. The molecule has 0 atom stereocenters. The smallest absolute Gasteiger partial charge is 0.170 e. The third-order valence-electron chi connectivity index (χ3n) is 3.44. The average Bonchev–Trinajstić information content (AvgIpc) is 2.74. The molecule has 0 fully saturated rings. The molecular formula is C16H23IN2O. The van der Waals surface area contributed by atoms with Crippen LogP contribution in [0.1, 0.15) is 23.7 Å². The number of aromatic nitrogens is 1. The zero-order valence-corrected chi connectivity index (χ0v) is 14.8. The summed E-state index contributed by atoms with van der Waals surface area (Å²) in [6.45, 7) is 3.86. The molecule has 0 bridgehead atoms. The highest BCUT2D eigenvalue weighted by molar-refractivity contribution is 6.08. The molecule has 4 heteroatoms. The van der Waals surface area contributed by atoms with Gasteiger partial charge in [-0.1, -0.05) is 18.2 Å². The molecule has 2 rings (SSSR count). The van der Waals surface area contributed by atoms with Gasteiger partial charge in [-0.2, -0.15) is 0 Å². The molecule has 3 nitrogen and oxygen atoms in total. The fraction of sp³-hybridized carbons (Fsp3) is 0.438. The summed E-state index contributed by atoms with van der Waals surface area (Å²) in [7, 11) is 6.34. The Morgan fingerprint density at radius 3 is 2.45 bits per heavy atom. The van der Waals surface area contributed by atoms with Crippen LogP contribution in [0.4, 0.5) is 0 Å². The summed E-state index contributed by atoms with van der Waals surface area (Å²) in [5.74, 6) is 0.247. The lowest BCUT2D eigenvalue weighted by Gasteiger charge is -2.23. The van der Waals surface area contributed by atoms with Crippen LogP contribution < -0.4 is 24.0 Å². The average molecular weight is 386 g/mol. The van der Waals surface area contributed by atoms with Gasteiger partial charge in [0.2, 0.25) is 0 Å². The van der Waals surface area contributed by atoms with Crippen LogP contribution in [0.2, 0.25) is 0 Å². The van der Waals surface area contributed by atoms with Gasteiger partial charge in [0.15, 0.2) is 5.78 Å². The summed E-state index contributed by atoms with van der Waals surface area (Å²) < 4.78 is 2.96. The number of benzene rings is 1. The maximum Gasteiger partial charge on any atom is 0.170 e. The topological polar surface area (TPSA) is 22.0 Å². The minimum atomic E-state index is 0. The number of fused-ring (bicyclic) bond motifs is 1. The van der Waals surface area contributed by atoms with E-state index in [1.807, 2.05) is 24.4 Å². The number of quaternary nitrogens is 1. The Kier molecular flexibility index (Phi) is 5.77. The molecule has 2 aromatic rings. The maximum absolute atomic E-state index is 12.4. The normalized spacial score (nSPS) is 11.4. The van der Waals surface area contributed by atoms with Crippen molar-refractivity contribution in [1.29, 1.82) is 0 Å². The van der Waals surface area contributed by atoms with Gasteiger partial charge in [0, 0.05) is 29.2 Å². The number of Topliss-reactive ketones (excluding diaryl/α,β-unsaturated/α-hetero) is 1. The fourth-order valence-corrected chi connectivity index (χ4v) is 2.30. The number of carbonyl (C=O) groups is 1.